The second-order valence-corrected chi connectivity index (χ2v) is 5.58. The van der Waals surface area contributed by atoms with Crippen molar-refractivity contribution in [1.82, 2.24) is 0 Å². The predicted molar refractivity (Wildman–Crippen MR) is 97.4 cm³/mol. The van der Waals surface area contributed by atoms with E-state index in [4.69, 9.17) is 5.11 Å². The number of hydrogen-bond acceptors (Lipinski definition) is 2. The molecule has 0 saturated heterocycles. The van der Waals surface area contributed by atoms with Crippen molar-refractivity contribution >= 4 is 5.97 Å². The summed E-state index contributed by atoms with van der Waals surface area (Å²) in [4.78, 5) is 10.3. The standard InChI is InChI=1S/C20H32O3/c1-2-3-4-5-6-7-8-10-13-16-19(21)17-14-11-9-12-15-18-20(22)23/h6-7,9-11,13-14,17,19,21H,2-5,8,12,15-16,18H2,1H3,(H,22,23)/b7-6-,11-9+,13-10-,17-14+/t19-/m1/s1. The van der Waals surface area contributed by atoms with Crippen LogP contribution in [0, 0.1) is 0 Å². The molecule has 0 fully saturated rings. The topological polar surface area (TPSA) is 57.5 Å². The van der Waals surface area contributed by atoms with Crippen molar-refractivity contribution in [2.45, 2.75) is 70.8 Å². The molecule has 0 aliphatic heterocycles. The zero-order valence-electron chi connectivity index (χ0n) is 14.4. The summed E-state index contributed by atoms with van der Waals surface area (Å²) in [6.07, 6.45) is 23.5. The van der Waals surface area contributed by atoms with E-state index in [-0.39, 0.29) is 6.42 Å². The highest BCUT2D eigenvalue weighted by molar-refractivity contribution is 5.66. The third kappa shape index (κ3) is 18.3. The van der Waals surface area contributed by atoms with Gasteiger partial charge in [-0.05, 0) is 38.5 Å². The molecule has 0 amide bonds. The molecule has 3 nitrogen and oxygen atoms in total. The molecular formula is C20H32O3. The van der Waals surface area contributed by atoms with Gasteiger partial charge in [-0.3, -0.25) is 4.79 Å². The van der Waals surface area contributed by atoms with E-state index < -0.39 is 12.1 Å². The summed E-state index contributed by atoms with van der Waals surface area (Å²) in [6, 6.07) is 0. The molecule has 2 N–H and O–H groups in total. The minimum absolute atomic E-state index is 0.203. The van der Waals surface area contributed by atoms with Gasteiger partial charge in [-0.15, -0.1) is 0 Å². The Labute approximate surface area is 141 Å². The summed E-state index contributed by atoms with van der Waals surface area (Å²) in [7, 11) is 0. The molecule has 23 heavy (non-hydrogen) atoms. The number of rotatable bonds is 14. The van der Waals surface area contributed by atoms with E-state index in [1.54, 1.807) is 6.08 Å². The van der Waals surface area contributed by atoms with Crippen LogP contribution in [0.1, 0.15) is 64.7 Å². The highest BCUT2D eigenvalue weighted by atomic mass is 16.4. The first-order valence-electron chi connectivity index (χ1n) is 8.70. The quantitative estimate of drug-likeness (QED) is 0.263. The lowest BCUT2D eigenvalue weighted by molar-refractivity contribution is -0.137. The van der Waals surface area contributed by atoms with E-state index in [1.807, 2.05) is 24.3 Å². The fourth-order valence-corrected chi connectivity index (χ4v) is 1.95. The fraction of sp³-hybridized carbons (Fsp3) is 0.550. The number of carboxylic acid groups (broad SMARTS) is 1. The molecule has 0 aliphatic carbocycles. The van der Waals surface area contributed by atoms with Gasteiger partial charge in [-0.1, -0.05) is 68.4 Å². The first-order chi connectivity index (χ1) is 11.2. The van der Waals surface area contributed by atoms with E-state index in [1.165, 1.54) is 19.3 Å². The summed E-state index contributed by atoms with van der Waals surface area (Å²) in [5.74, 6) is -0.757. The van der Waals surface area contributed by atoms with Crippen LogP contribution in [0.4, 0.5) is 0 Å². The molecule has 0 aromatic rings. The third-order valence-corrected chi connectivity index (χ3v) is 3.30. The molecule has 0 radical (unpaired) electrons. The van der Waals surface area contributed by atoms with Crippen LogP contribution in [-0.4, -0.2) is 22.3 Å². The van der Waals surface area contributed by atoms with Crippen molar-refractivity contribution in [2.75, 3.05) is 0 Å². The minimum atomic E-state index is -0.757. The first kappa shape index (κ1) is 21.4. The smallest absolute Gasteiger partial charge is 0.303 e. The minimum Gasteiger partial charge on any atom is -0.481 e. The average Bonchev–Trinajstić information content (AvgIpc) is 2.52. The number of unbranched alkanes of at least 4 members (excludes halogenated alkanes) is 4. The summed E-state index contributed by atoms with van der Waals surface area (Å²) in [5, 5.41) is 18.2. The van der Waals surface area contributed by atoms with Crippen molar-refractivity contribution < 1.29 is 15.0 Å². The van der Waals surface area contributed by atoms with E-state index in [9.17, 15) is 9.90 Å². The van der Waals surface area contributed by atoms with Crippen LogP contribution in [-0.2, 0) is 4.79 Å². The van der Waals surface area contributed by atoms with E-state index in [0.717, 1.165) is 19.3 Å². The molecule has 0 saturated carbocycles. The van der Waals surface area contributed by atoms with E-state index >= 15 is 0 Å². The highest BCUT2D eigenvalue weighted by Crippen LogP contribution is 2.02. The van der Waals surface area contributed by atoms with Gasteiger partial charge >= 0.3 is 5.97 Å². The van der Waals surface area contributed by atoms with Gasteiger partial charge < -0.3 is 10.2 Å². The van der Waals surface area contributed by atoms with Gasteiger partial charge in [0.05, 0.1) is 6.10 Å². The van der Waals surface area contributed by atoms with Crippen LogP contribution in [0.2, 0.25) is 0 Å². The molecular weight excluding hydrogens is 288 g/mol. The predicted octanol–water partition coefficient (Wildman–Crippen LogP) is 5.19. The SMILES string of the molecule is CCCCC/C=C\C/C=C\C[C@@H](O)/C=C/C=C/CCCC(=O)O. The molecule has 0 unspecified atom stereocenters. The number of aliphatic hydroxyl groups excluding tert-OH is 1. The number of hydrogen-bond donors (Lipinski definition) is 2. The van der Waals surface area contributed by atoms with Gasteiger partial charge in [0.2, 0.25) is 0 Å². The first-order valence-corrected chi connectivity index (χ1v) is 8.70. The molecule has 130 valence electrons. The summed E-state index contributed by atoms with van der Waals surface area (Å²) in [6.45, 7) is 2.21. The molecule has 0 aliphatic rings. The van der Waals surface area contributed by atoms with Crippen LogP contribution in [0.25, 0.3) is 0 Å². The van der Waals surface area contributed by atoms with Gasteiger partial charge in [0.1, 0.15) is 0 Å². The Kier molecular flexibility index (Phi) is 15.6. The van der Waals surface area contributed by atoms with Crippen LogP contribution < -0.4 is 0 Å². The van der Waals surface area contributed by atoms with Gasteiger partial charge in [0.15, 0.2) is 0 Å². The van der Waals surface area contributed by atoms with Gasteiger partial charge in [0, 0.05) is 6.42 Å². The third-order valence-electron chi connectivity index (χ3n) is 3.30. The molecule has 3 heteroatoms. The lowest BCUT2D eigenvalue weighted by Crippen LogP contribution is -1.98. The molecule has 0 bridgehead atoms. The number of aliphatic hydroxyl groups is 1. The number of carboxylic acids is 1. The second kappa shape index (κ2) is 16.8. The van der Waals surface area contributed by atoms with Gasteiger partial charge in [-0.25, -0.2) is 0 Å². The number of aliphatic carboxylic acids is 1. The molecule has 0 rings (SSSR count). The Morgan fingerprint density at radius 3 is 2.43 bits per heavy atom. The zero-order valence-corrected chi connectivity index (χ0v) is 14.4. The Hall–Kier alpha value is -1.61. The van der Waals surface area contributed by atoms with Crippen LogP contribution in [0.3, 0.4) is 0 Å². The highest BCUT2D eigenvalue weighted by Gasteiger charge is 1.94. The maximum Gasteiger partial charge on any atom is 0.303 e. The average molecular weight is 320 g/mol. The number of carbonyl (C=O) groups is 1. The summed E-state index contributed by atoms with van der Waals surface area (Å²) < 4.78 is 0. The van der Waals surface area contributed by atoms with Crippen LogP contribution in [0.15, 0.2) is 48.6 Å². The zero-order chi connectivity index (χ0) is 17.2. The lowest BCUT2D eigenvalue weighted by Gasteiger charge is -1.98. The molecule has 0 heterocycles. The van der Waals surface area contributed by atoms with Crippen molar-refractivity contribution in [1.29, 1.82) is 0 Å². The van der Waals surface area contributed by atoms with Gasteiger partial charge in [0.25, 0.3) is 0 Å². The normalized spacial score (nSPS) is 13.8. The molecule has 0 aromatic carbocycles. The molecule has 0 aromatic heterocycles. The maximum atomic E-state index is 10.3. The van der Waals surface area contributed by atoms with Crippen molar-refractivity contribution in [3.05, 3.63) is 48.6 Å². The largest absolute Gasteiger partial charge is 0.481 e. The fourth-order valence-electron chi connectivity index (χ4n) is 1.95. The molecule has 1 atom stereocenters. The van der Waals surface area contributed by atoms with Crippen LogP contribution in [0.5, 0.6) is 0 Å². The summed E-state index contributed by atoms with van der Waals surface area (Å²) >= 11 is 0. The van der Waals surface area contributed by atoms with Gasteiger partial charge in [-0.2, -0.15) is 0 Å². The van der Waals surface area contributed by atoms with Crippen molar-refractivity contribution in [2.24, 2.45) is 0 Å². The lowest BCUT2D eigenvalue weighted by atomic mass is 10.2. The monoisotopic (exact) mass is 320 g/mol. The maximum absolute atomic E-state index is 10.3. The Morgan fingerprint density at radius 1 is 0.957 bits per heavy atom. The van der Waals surface area contributed by atoms with Crippen molar-refractivity contribution in [3.8, 4) is 0 Å². The molecule has 0 spiro atoms. The second-order valence-electron chi connectivity index (χ2n) is 5.58. The van der Waals surface area contributed by atoms with Crippen molar-refractivity contribution in [3.63, 3.8) is 0 Å². The Bertz CT molecular complexity index is 392. The summed E-state index contributed by atoms with van der Waals surface area (Å²) in [5.41, 5.74) is 0. The number of allylic oxidation sites excluding steroid dienone is 6. The van der Waals surface area contributed by atoms with E-state index in [2.05, 4.69) is 25.2 Å². The van der Waals surface area contributed by atoms with Crippen LogP contribution >= 0.6 is 0 Å². The Balaban J connectivity index is 3.62. The Morgan fingerprint density at radius 2 is 1.70 bits per heavy atom. The van der Waals surface area contributed by atoms with E-state index in [0.29, 0.717) is 12.8 Å².